The van der Waals surface area contributed by atoms with Gasteiger partial charge in [0.05, 0.1) is 6.42 Å². The molecule has 0 amide bonds. The quantitative estimate of drug-likeness (QED) is 0.743. The van der Waals surface area contributed by atoms with Crippen LogP contribution in [0.1, 0.15) is 39.0 Å². The fourth-order valence-corrected chi connectivity index (χ4v) is 2.44. The normalized spacial score (nSPS) is 29.5. The van der Waals surface area contributed by atoms with Crippen LogP contribution in [0.4, 0.5) is 0 Å². The minimum atomic E-state index is -0.749. The molecule has 1 fully saturated rings. The molecule has 1 aliphatic rings. The van der Waals surface area contributed by atoms with E-state index in [0.717, 1.165) is 32.3 Å². The summed E-state index contributed by atoms with van der Waals surface area (Å²) in [6.45, 7) is 3.39. The summed E-state index contributed by atoms with van der Waals surface area (Å²) in [5.41, 5.74) is 5.83. The average molecular weight is 215 g/mol. The van der Waals surface area contributed by atoms with E-state index in [1.54, 1.807) is 0 Å². The predicted molar refractivity (Wildman–Crippen MR) is 57.6 cm³/mol. The molecule has 4 nitrogen and oxygen atoms in total. The topological polar surface area (TPSA) is 72.6 Å². The van der Waals surface area contributed by atoms with Crippen molar-refractivity contribution in [1.82, 2.24) is 0 Å². The second-order valence-corrected chi connectivity index (χ2v) is 4.41. The number of aliphatic carboxylic acids is 1. The van der Waals surface area contributed by atoms with Gasteiger partial charge in [-0.25, -0.2) is 0 Å². The minimum absolute atomic E-state index is 0.0321. The van der Waals surface area contributed by atoms with Crippen LogP contribution in [-0.4, -0.2) is 30.3 Å². The molecule has 0 radical (unpaired) electrons. The van der Waals surface area contributed by atoms with Crippen LogP contribution >= 0.6 is 0 Å². The maximum atomic E-state index is 10.9. The van der Waals surface area contributed by atoms with E-state index in [9.17, 15) is 4.79 Å². The van der Waals surface area contributed by atoms with E-state index < -0.39 is 5.97 Å². The van der Waals surface area contributed by atoms with E-state index in [2.05, 4.69) is 0 Å². The lowest BCUT2D eigenvalue weighted by molar-refractivity contribution is -0.140. The molecule has 1 saturated heterocycles. The number of nitrogens with two attached hydrogens (primary N) is 1. The fraction of sp³-hybridized carbons (Fsp3) is 0.909. The highest BCUT2D eigenvalue weighted by Gasteiger charge is 2.38. The SMILES string of the molecule is CCC(N)C1(CC(=O)O)CCCOCC1. The summed E-state index contributed by atoms with van der Waals surface area (Å²) in [5.74, 6) is -0.749. The van der Waals surface area contributed by atoms with Crippen LogP contribution in [0.15, 0.2) is 0 Å². The molecule has 0 aromatic heterocycles. The third kappa shape index (κ3) is 3.18. The van der Waals surface area contributed by atoms with Gasteiger partial charge in [0, 0.05) is 19.3 Å². The highest BCUT2D eigenvalue weighted by atomic mass is 16.5. The first-order chi connectivity index (χ1) is 7.10. The zero-order chi connectivity index (χ0) is 11.3. The maximum absolute atomic E-state index is 10.9. The van der Waals surface area contributed by atoms with Crippen molar-refractivity contribution in [3.63, 3.8) is 0 Å². The van der Waals surface area contributed by atoms with Gasteiger partial charge in [0.15, 0.2) is 0 Å². The monoisotopic (exact) mass is 215 g/mol. The van der Waals surface area contributed by atoms with Gasteiger partial charge in [-0.15, -0.1) is 0 Å². The fourth-order valence-electron chi connectivity index (χ4n) is 2.44. The summed E-state index contributed by atoms with van der Waals surface area (Å²) in [5, 5.41) is 8.97. The zero-order valence-corrected chi connectivity index (χ0v) is 9.37. The molecule has 3 N–H and O–H groups in total. The summed E-state index contributed by atoms with van der Waals surface area (Å²) in [6, 6.07) is -0.0321. The van der Waals surface area contributed by atoms with Gasteiger partial charge >= 0.3 is 5.97 Å². The zero-order valence-electron chi connectivity index (χ0n) is 9.37. The molecule has 0 aromatic rings. The molecule has 1 heterocycles. The lowest BCUT2D eigenvalue weighted by Crippen LogP contribution is -2.43. The van der Waals surface area contributed by atoms with Crippen molar-refractivity contribution in [2.45, 2.75) is 45.1 Å². The van der Waals surface area contributed by atoms with Gasteiger partial charge < -0.3 is 15.6 Å². The predicted octanol–water partition coefficient (Wildman–Crippen LogP) is 1.39. The molecule has 88 valence electrons. The van der Waals surface area contributed by atoms with E-state index >= 15 is 0 Å². The van der Waals surface area contributed by atoms with E-state index in [-0.39, 0.29) is 17.9 Å². The summed E-state index contributed by atoms with van der Waals surface area (Å²) in [6.07, 6.45) is 3.56. The highest BCUT2D eigenvalue weighted by Crippen LogP contribution is 2.38. The van der Waals surface area contributed by atoms with E-state index in [1.165, 1.54) is 0 Å². The number of hydrogen-bond acceptors (Lipinski definition) is 3. The van der Waals surface area contributed by atoms with Crippen LogP contribution in [0.25, 0.3) is 0 Å². The second-order valence-electron chi connectivity index (χ2n) is 4.41. The molecular weight excluding hydrogens is 194 g/mol. The number of ether oxygens (including phenoxy) is 1. The van der Waals surface area contributed by atoms with Crippen molar-refractivity contribution in [2.24, 2.45) is 11.1 Å². The van der Waals surface area contributed by atoms with Gasteiger partial charge in [-0.1, -0.05) is 6.92 Å². The number of carboxylic acid groups (broad SMARTS) is 1. The second kappa shape index (κ2) is 5.47. The first-order valence-corrected chi connectivity index (χ1v) is 5.66. The van der Waals surface area contributed by atoms with Crippen LogP contribution in [0.3, 0.4) is 0 Å². The number of rotatable bonds is 4. The Morgan fingerprint density at radius 3 is 2.87 bits per heavy atom. The van der Waals surface area contributed by atoms with E-state index in [0.29, 0.717) is 6.61 Å². The molecule has 0 aliphatic carbocycles. The molecule has 0 aromatic carbocycles. The Morgan fingerprint density at radius 1 is 1.53 bits per heavy atom. The Balaban J connectivity index is 2.76. The summed E-state index contributed by atoms with van der Waals surface area (Å²) < 4.78 is 5.38. The largest absolute Gasteiger partial charge is 0.481 e. The third-order valence-electron chi connectivity index (χ3n) is 3.44. The third-order valence-corrected chi connectivity index (χ3v) is 3.44. The van der Waals surface area contributed by atoms with E-state index in [4.69, 9.17) is 15.6 Å². The van der Waals surface area contributed by atoms with Gasteiger partial charge in [-0.2, -0.15) is 0 Å². The summed E-state index contributed by atoms with van der Waals surface area (Å²) in [7, 11) is 0. The molecule has 0 bridgehead atoms. The van der Waals surface area contributed by atoms with Gasteiger partial charge in [0.1, 0.15) is 0 Å². The van der Waals surface area contributed by atoms with Crippen molar-refractivity contribution < 1.29 is 14.6 Å². The standard InChI is InChI=1S/C11H21NO3/c1-2-9(12)11(8-10(13)14)4-3-6-15-7-5-11/h9H,2-8,12H2,1H3,(H,13,14). The Hall–Kier alpha value is -0.610. The van der Waals surface area contributed by atoms with Gasteiger partial charge in [0.2, 0.25) is 0 Å². The molecule has 1 rings (SSSR count). The van der Waals surface area contributed by atoms with Crippen LogP contribution in [0, 0.1) is 5.41 Å². The molecule has 4 heteroatoms. The van der Waals surface area contributed by atoms with Crippen molar-refractivity contribution in [1.29, 1.82) is 0 Å². The Labute approximate surface area is 90.8 Å². The van der Waals surface area contributed by atoms with Crippen LogP contribution < -0.4 is 5.73 Å². The lowest BCUT2D eigenvalue weighted by Gasteiger charge is -2.36. The van der Waals surface area contributed by atoms with Crippen molar-refractivity contribution in [3.05, 3.63) is 0 Å². The molecule has 0 spiro atoms. The van der Waals surface area contributed by atoms with Crippen LogP contribution in [0.2, 0.25) is 0 Å². The van der Waals surface area contributed by atoms with Gasteiger partial charge in [-0.3, -0.25) is 4.79 Å². The van der Waals surface area contributed by atoms with Crippen LogP contribution in [0.5, 0.6) is 0 Å². The lowest BCUT2D eigenvalue weighted by atomic mass is 9.71. The maximum Gasteiger partial charge on any atom is 0.303 e. The highest BCUT2D eigenvalue weighted by molar-refractivity contribution is 5.67. The Kier molecular flexibility index (Phi) is 4.54. The molecular formula is C11H21NO3. The summed E-state index contributed by atoms with van der Waals surface area (Å²) >= 11 is 0. The smallest absolute Gasteiger partial charge is 0.303 e. The average Bonchev–Trinajstić information content (AvgIpc) is 2.42. The van der Waals surface area contributed by atoms with Crippen molar-refractivity contribution in [2.75, 3.05) is 13.2 Å². The molecule has 15 heavy (non-hydrogen) atoms. The minimum Gasteiger partial charge on any atom is -0.481 e. The van der Waals surface area contributed by atoms with Gasteiger partial charge in [-0.05, 0) is 31.1 Å². The molecule has 2 unspecified atom stereocenters. The van der Waals surface area contributed by atoms with Gasteiger partial charge in [0.25, 0.3) is 0 Å². The first-order valence-electron chi connectivity index (χ1n) is 5.66. The first kappa shape index (κ1) is 12.5. The van der Waals surface area contributed by atoms with Crippen LogP contribution in [-0.2, 0) is 9.53 Å². The summed E-state index contributed by atoms with van der Waals surface area (Å²) in [4.78, 5) is 10.9. The van der Waals surface area contributed by atoms with Crippen molar-refractivity contribution >= 4 is 5.97 Å². The Bertz CT molecular complexity index is 210. The number of carboxylic acids is 1. The number of hydrogen-bond donors (Lipinski definition) is 2. The molecule has 0 saturated carbocycles. The van der Waals surface area contributed by atoms with Crippen molar-refractivity contribution in [3.8, 4) is 0 Å². The number of carbonyl (C=O) groups is 1. The van der Waals surface area contributed by atoms with E-state index in [1.807, 2.05) is 6.92 Å². The molecule has 2 atom stereocenters. The Morgan fingerprint density at radius 2 is 2.27 bits per heavy atom. The molecule has 1 aliphatic heterocycles.